The van der Waals surface area contributed by atoms with Crippen LogP contribution in [-0.4, -0.2) is 36.9 Å². The minimum absolute atomic E-state index is 0.0272. The van der Waals surface area contributed by atoms with E-state index in [1.54, 1.807) is 37.3 Å². The number of phenols is 1. The summed E-state index contributed by atoms with van der Waals surface area (Å²) >= 11 is 0. The third-order valence-electron chi connectivity index (χ3n) is 3.55. The molecule has 0 unspecified atom stereocenters. The molecule has 0 saturated heterocycles. The zero-order valence-electron chi connectivity index (χ0n) is 15.3. The number of aromatic hydroxyl groups is 1. The van der Waals surface area contributed by atoms with Gasteiger partial charge in [0.05, 0.1) is 26.2 Å². The number of ether oxygens (including phenoxy) is 2. The molecule has 0 aliphatic heterocycles. The molecule has 2 aromatic carbocycles. The van der Waals surface area contributed by atoms with Crippen molar-refractivity contribution in [1.82, 2.24) is 5.43 Å². The smallest absolute Gasteiger partial charge is 0.275 e. The molecule has 142 valence electrons. The lowest BCUT2D eigenvalue weighted by Gasteiger charge is -2.10. The summed E-state index contributed by atoms with van der Waals surface area (Å²) in [5.74, 6) is 0.0660. The predicted octanol–water partition coefficient (Wildman–Crippen LogP) is 2.54. The van der Waals surface area contributed by atoms with Crippen LogP contribution in [0.4, 0.5) is 5.69 Å². The minimum Gasteiger partial charge on any atom is -0.507 e. The summed E-state index contributed by atoms with van der Waals surface area (Å²) in [6, 6.07) is 11.1. The van der Waals surface area contributed by atoms with Crippen LogP contribution in [0, 0.1) is 0 Å². The third kappa shape index (κ3) is 5.74. The van der Waals surface area contributed by atoms with Gasteiger partial charge >= 0.3 is 0 Å². The van der Waals surface area contributed by atoms with Crippen molar-refractivity contribution in [3.05, 3.63) is 48.0 Å². The van der Waals surface area contributed by atoms with Gasteiger partial charge in [-0.25, -0.2) is 5.43 Å². The normalized spacial score (nSPS) is 10.9. The second kappa shape index (κ2) is 9.23. The third-order valence-corrected chi connectivity index (χ3v) is 3.55. The Morgan fingerprint density at radius 2 is 1.70 bits per heavy atom. The Labute approximate surface area is 156 Å². The second-order valence-corrected chi connectivity index (χ2v) is 5.63. The number of hydrogen-bond donors (Lipinski definition) is 3. The largest absolute Gasteiger partial charge is 0.507 e. The molecule has 0 radical (unpaired) electrons. The summed E-state index contributed by atoms with van der Waals surface area (Å²) in [5.41, 5.74) is 3.32. The van der Waals surface area contributed by atoms with E-state index in [1.165, 1.54) is 26.4 Å². The first-order chi connectivity index (χ1) is 12.9. The maximum absolute atomic E-state index is 12.2. The lowest BCUT2D eigenvalue weighted by molar-refractivity contribution is -0.115. The molecule has 8 heteroatoms. The molecule has 0 atom stereocenters. The van der Waals surface area contributed by atoms with Crippen molar-refractivity contribution < 1.29 is 24.2 Å². The van der Waals surface area contributed by atoms with Crippen molar-refractivity contribution in [3.63, 3.8) is 0 Å². The zero-order valence-corrected chi connectivity index (χ0v) is 15.3. The van der Waals surface area contributed by atoms with E-state index in [2.05, 4.69) is 15.8 Å². The van der Waals surface area contributed by atoms with E-state index in [1.807, 2.05) is 0 Å². The van der Waals surface area contributed by atoms with E-state index < -0.39 is 5.91 Å². The number of anilines is 1. The van der Waals surface area contributed by atoms with Crippen molar-refractivity contribution in [2.75, 3.05) is 19.5 Å². The number of carbonyl (C=O) groups excluding carboxylic acids is 2. The molecule has 0 aliphatic rings. The van der Waals surface area contributed by atoms with Gasteiger partial charge < -0.3 is 19.9 Å². The van der Waals surface area contributed by atoms with Gasteiger partial charge in [0.15, 0.2) is 0 Å². The molecular formula is C19H21N3O5. The molecule has 2 rings (SSSR count). The highest BCUT2D eigenvalue weighted by atomic mass is 16.5. The van der Waals surface area contributed by atoms with E-state index in [9.17, 15) is 14.7 Å². The molecule has 0 saturated carbocycles. The Morgan fingerprint density at radius 1 is 1.07 bits per heavy atom. The first-order valence-electron chi connectivity index (χ1n) is 8.07. The molecule has 0 heterocycles. The highest BCUT2D eigenvalue weighted by Gasteiger charge is 2.11. The number of rotatable bonds is 7. The second-order valence-electron chi connectivity index (χ2n) is 5.63. The molecular weight excluding hydrogens is 350 g/mol. The van der Waals surface area contributed by atoms with Crippen molar-refractivity contribution in [3.8, 4) is 17.2 Å². The van der Waals surface area contributed by atoms with Crippen LogP contribution in [0.5, 0.6) is 17.2 Å². The van der Waals surface area contributed by atoms with Crippen LogP contribution in [0.2, 0.25) is 0 Å². The SMILES string of the molecule is COc1cc(NC(=O)CC(C)=NNC(=O)c2ccccc2O)cc(OC)c1. The van der Waals surface area contributed by atoms with Crippen molar-refractivity contribution >= 4 is 23.2 Å². The molecule has 3 N–H and O–H groups in total. The van der Waals surface area contributed by atoms with Gasteiger partial charge in [-0.15, -0.1) is 0 Å². The number of hydrazone groups is 1. The molecule has 8 nitrogen and oxygen atoms in total. The standard InChI is InChI=1S/C19H21N3O5/c1-12(21-22-19(25)16-6-4-5-7-17(16)23)8-18(24)20-13-9-14(26-2)11-15(10-13)27-3/h4-7,9-11,23H,8H2,1-3H3,(H,20,24)(H,22,25). The summed E-state index contributed by atoms with van der Waals surface area (Å²) in [5, 5.41) is 16.3. The van der Waals surface area contributed by atoms with Gasteiger partial charge in [0.2, 0.25) is 5.91 Å². The molecule has 0 aliphatic carbocycles. The number of nitrogens with one attached hydrogen (secondary N) is 2. The van der Waals surface area contributed by atoms with E-state index >= 15 is 0 Å². The van der Waals surface area contributed by atoms with E-state index in [-0.39, 0.29) is 23.6 Å². The van der Waals surface area contributed by atoms with E-state index in [0.717, 1.165) is 0 Å². The fraction of sp³-hybridized carbons (Fsp3) is 0.211. The van der Waals surface area contributed by atoms with Gasteiger partial charge in [-0.05, 0) is 19.1 Å². The molecule has 0 fully saturated rings. The van der Waals surface area contributed by atoms with E-state index in [4.69, 9.17) is 9.47 Å². The average molecular weight is 371 g/mol. The maximum atomic E-state index is 12.2. The molecule has 2 amide bonds. The lowest BCUT2D eigenvalue weighted by atomic mass is 10.2. The van der Waals surface area contributed by atoms with Gasteiger partial charge in [0.25, 0.3) is 5.91 Å². The number of para-hydroxylation sites is 1. The Bertz CT molecular complexity index is 842. The van der Waals surface area contributed by atoms with Crippen LogP contribution >= 0.6 is 0 Å². The topological polar surface area (TPSA) is 109 Å². The Balaban J connectivity index is 1.96. The fourth-order valence-corrected chi connectivity index (χ4v) is 2.23. The summed E-state index contributed by atoms with van der Waals surface area (Å²) in [7, 11) is 3.04. The summed E-state index contributed by atoms with van der Waals surface area (Å²) in [6.07, 6.45) is -0.0272. The van der Waals surface area contributed by atoms with Crippen LogP contribution < -0.4 is 20.2 Å². The number of nitrogens with zero attached hydrogens (tertiary/aromatic N) is 1. The first kappa shape index (κ1) is 19.8. The molecule has 2 aromatic rings. The monoisotopic (exact) mass is 371 g/mol. The number of hydrogen-bond acceptors (Lipinski definition) is 6. The van der Waals surface area contributed by atoms with Gasteiger partial charge in [-0.2, -0.15) is 5.10 Å². The maximum Gasteiger partial charge on any atom is 0.275 e. The Kier molecular flexibility index (Phi) is 6.76. The number of benzene rings is 2. The highest BCUT2D eigenvalue weighted by Crippen LogP contribution is 2.25. The van der Waals surface area contributed by atoms with Crippen molar-refractivity contribution in [1.29, 1.82) is 0 Å². The summed E-state index contributed by atoms with van der Waals surface area (Å²) < 4.78 is 10.3. The lowest BCUT2D eigenvalue weighted by Crippen LogP contribution is -2.21. The summed E-state index contributed by atoms with van der Waals surface area (Å²) in [6.45, 7) is 1.61. The van der Waals surface area contributed by atoms with Gasteiger partial charge in [-0.3, -0.25) is 9.59 Å². The van der Waals surface area contributed by atoms with Crippen LogP contribution in [0.25, 0.3) is 0 Å². The van der Waals surface area contributed by atoms with Crippen LogP contribution in [-0.2, 0) is 4.79 Å². The number of amides is 2. The number of phenolic OH excluding ortho intramolecular Hbond substituents is 1. The first-order valence-corrected chi connectivity index (χ1v) is 8.07. The van der Waals surface area contributed by atoms with Gasteiger partial charge in [0.1, 0.15) is 17.2 Å². The Morgan fingerprint density at radius 3 is 2.30 bits per heavy atom. The van der Waals surface area contributed by atoms with Gasteiger partial charge in [-0.1, -0.05) is 12.1 Å². The zero-order chi connectivity index (χ0) is 19.8. The highest BCUT2D eigenvalue weighted by molar-refractivity contribution is 6.06. The summed E-state index contributed by atoms with van der Waals surface area (Å²) in [4.78, 5) is 24.1. The van der Waals surface area contributed by atoms with Crippen LogP contribution in [0.1, 0.15) is 23.7 Å². The quantitative estimate of drug-likeness (QED) is 0.512. The van der Waals surface area contributed by atoms with Crippen LogP contribution in [0.3, 0.4) is 0 Å². The number of carbonyl (C=O) groups is 2. The number of methoxy groups -OCH3 is 2. The minimum atomic E-state index is -0.564. The molecule has 27 heavy (non-hydrogen) atoms. The van der Waals surface area contributed by atoms with Crippen molar-refractivity contribution in [2.45, 2.75) is 13.3 Å². The van der Waals surface area contributed by atoms with Gasteiger partial charge in [0, 0.05) is 29.6 Å². The molecule has 0 bridgehead atoms. The van der Waals surface area contributed by atoms with Crippen molar-refractivity contribution in [2.24, 2.45) is 5.10 Å². The average Bonchev–Trinajstić information content (AvgIpc) is 2.65. The Hall–Kier alpha value is -3.55. The molecule has 0 aromatic heterocycles. The molecule has 0 spiro atoms. The fourth-order valence-electron chi connectivity index (χ4n) is 2.23. The van der Waals surface area contributed by atoms with E-state index in [0.29, 0.717) is 22.9 Å². The van der Waals surface area contributed by atoms with Crippen LogP contribution in [0.15, 0.2) is 47.6 Å². The predicted molar refractivity (Wildman–Crippen MR) is 101 cm³/mol.